The Morgan fingerprint density at radius 2 is 2.17 bits per heavy atom. The normalized spacial score (nSPS) is 10.4. The number of rotatable bonds is 3. The topological polar surface area (TPSA) is 57.8 Å². The van der Waals surface area contributed by atoms with Crippen molar-refractivity contribution in [1.29, 1.82) is 0 Å². The summed E-state index contributed by atoms with van der Waals surface area (Å²) in [5, 5.41) is 2.07. The molecule has 0 fully saturated rings. The lowest BCUT2D eigenvalue weighted by Crippen LogP contribution is -2.24. The van der Waals surface area contributed by atoms with E-state index < -0.39 is 23.1 Å². The maximum atomic E-state index is 13.4. The van der Waals surface area contributed by atoms with E-state index in [4.69, 9.17) is 11.6 Å². The van der Waals surface area contributed by atoms with Gasteiger partial charge in [-0.15, -0.1) is 0 Å². The van der Waals surface area contributed by atoms with Crippen LogP contribution in [0.5, 0.6) is 0 Å². The van der Waals surface area contributed by atoms with E-state index in [-0.39, 0.29) is 11.6 Å². The summed E-state index contributed by atoms with van der Waals surface area (Å²) in [5.41, 5.74) is 0.259. The number of aromatic nitrogens is 2. The van der Waals surface area contributed by atoms with Gasteiger partial charge < -0.3 is 10.3 Å². The van der Waals surface area contributed by atoms with E-state index in [9.17, 15) is 13.6 Å². The summed E-state index contributed by atoms with van der Waals surface area (Å²) >= 11 is 5.39. The zero-order valence-corrected chi connectivity index (χ0v) is 9.76. The number of hydrogen-bond donors (Lipinski definition) is 2. The van der Waals surface area contributed by atoms with Crippen molar-refractivity contribution in [3.8, 4) is 0 Å². The minimum Gasteiger partial charge on any atom is -0.347 e. The zero-order chi connectivity index (χ0) is 13.1. The van der Waals surface area contributed by atoms with Crippen LogP contribution in [-0.2, 0) is 6.54 Å². The van der Waals surface area contributed by atoms with Gasteiger partial charge in [0, 0.05) is 6.20 Å². The smallest absolute Gasteiger partial charge is 0.254 e. The molecule has 7 heteroatoms. The van der Waals surface area contributed by atoms with E-state index >= 15 is 0 Å². The molecule has 0 bridgehead atoms. The van der Waals surface area contributed by atoms with Gasteiger partial charge >= 0.3 is 0 Å². The summed E-state index contributed by atoms with van der Waals surface area (Å²) in [6, 6.07) is 1.53. The molecule has 0 saturated carbocycles. The van der Waals surface area contributed by atoms with Crippen LogP contribution in [0.2, 0.25) is 5.02 Å². The summed E-state index contributed by atoms with van der Waals surface area (Å²) < 4.78 is 26.6. The molecule has 1 amide bonds. The Hall–Kier alpha value is -1.95. The number of aromatic amines is 1. The van der Waals surface area contributed by atoms with Crippen LogP contribution in [-0.4, -0.2) is 15.9 Å². The summed E-state index contributed by atoms with van der Waals surface area (Å²) in [5.74, 6) is -2.44. The first-order valence-electron chi connectivity index (χ1n) is 4.98. The molecule has 0 unspecified atom stereocenters. The number of halogens is 3. The second-order valence-corrected chi connectivity index (χ2v) is 3.91. The van der Waals surface area contributed by atoms with Crippen LogP contribution in [0.1, 0.15) is 16.1 Å². The number of imidazole rings is 1. The lowest BCUT2D eigenvalue weighted by Gasteiger charge is -2.05. The molecule has 18 heavy (non-hydrogen) atoms. The highest BCUT2D eigenvalue weighted by molar-refractivity contribution is 6.30. The second kappa shape index (κ2) is 5.14. The molecule has 0 saturated heterocycles. The van der Waals surface area contributed by atoms with Gasteiger partial charge in [0.2, 0.25) is 0 Å². The highest BCUT2D eigenvalue weighted by Gasteiger charge is 2.15. The van der Waals surface area contributed by atoms with Gasteiger partial charge in [-0.1, -0.05) is 11.6 Å². The standard InChI is InChI=1S/C11H8ClF2N3O/c12-8-2-9(13)7(1-10(8)14)11(18)16-4-6-3-15-5-17-6/h1-3,5H,4H2,(H,15,17)(H,16,18). The number of nitrogens with one attached hydrogen (secondary N) is 2. The molecule has 0 radical (unpaired) electrons. The number of benzene rings is 1. The van der Waals surface area contributed by atoms with E-state index in [1.165, 1.54) is 12.5 Å². The minimum atomic E-state index is -0.872. The summed E-state index contributed by atoms with van der Waals surface area (Å²) in [4.78, 5) is 18.2. The maximum absolute atomic E-state index is 13.4. The zero-order valence-electron chi connectivity index (χ0n) is 9.01. The molecule has 1 aromatic carbocycles. The van der Waals surface area contributed by atoms with Crippen molar-refractivity contribution in [2.24, 2.45) is 0 Å². The molecule has 4 nitrogen and oxygen atoms in total. The Bertz CT molecular complexity index is 572. The van der Waals surface area contributed by atoms with Crippen LogP contribution in [0.4, 0.5) is 8.78 Å². The number of nitrogens with zero attached hydrogens (tertiary/aromatic N) is 1. The van der Waals surface area contributed by atoms with Crippen molar-refractivity contribution in [1.82, 2.24) is 15.3 Å². The largest absolute Gasteiger partial charge is 0.347 e. The highest BCUT2D eigenvalue weighted by Crippen LogP contribution is 2.19. The van der Waals surface area contributed by atoms with Crippen molar-refractivity contribution in [3.05, 3.63) is 52.6 Å². The van der Waals surface area contributed by atoms with Gasteiger partial charge in [-0.3, -0.25) is 4.79 Å². The molecule has 2 rings (SSSR count). The molecule has 2 aromatic rings. The van der Waals surface area contributed by atoms with Crippen molar-refractivity contribution in [2.45, 2.75) is 6.54 Å². The molecule has 1 heterocycles. The average Bonchev–Trinajstić information content (AvgIpc) is 2.84. The quantitative estimate of drug-likeness (QED) is 0.842. The van der Waals surface area contributed by atoms with Crippen molar-refractivity contribution < 1.29 is 13.6 Å². The predicted octanol–water partition coefficient (Wildman–Crippen LogP) is 2.27. The predicted molar refractivity (Wildman–Crippen MR) is 61.1 cm³/mol. The molecule has 0 spiro atoms. The van der Waals surface area contributed by atoms with Crippen LogP contribution >= 0.6 is 11.6 Å². The molecule has 0 atom stereocenters. The van der Waals surface area contributed by atoms with Crippen LogP contribution in [0.3, 0.4) is 0 Å². The van der Waals surface area contributed by atoms with Crippen molar-refractivity contribution in [2.75, 3.05) is 0 Å². The van der Waals surface area contributed by atoms with Gasteiger partial charge in [-0.05, 0) is 12.1 Å². The first kappa shape index (κ1) is 12.5. The number of amides is 1. The van der Waals surface area contributed by atoms with E-state index in [2.05, 4.69) is 15.3 Å². The molecule has 2 N–H and O–H groups in total. The van der Waals surface area contributed by atoms with E-state index in [1.807, 2.05) is 0 Å². The monoisotopic (exact) mass is 271 g/mol. The second-order valence-electron chi connectivity index (χ2n) is 3.51. The van der Waals surface area contributed by atoms with Gasteiger partial charge in [0.05, 0.1) is 29.2 Å². The maximum Gasteiger partial charge on any atom is 0.254 e. The molecular weight excluding hydrogens is 264 g/mol. The fraction of sp³-hybridized carbons (Fsp3) is 0.0909. The molecule has 0 aliphatic heterocycles. The summed E-state index contributed by atoms with van der Waals surface area (Å²) in [6.07, 6.45) is 2.96. The van der Waals surface area contributed by atoms with Crippen LogP contribution in [0.25, 0.3) is 0 Å². The lowest BCUT2D eigenvalue weighted by atomic mass is 10.2. The van der Waals surface area contributed by atoms with Crippen LogP contribution < -0.4 is 5.32 Å². The third-order valence-electron chi connectivity index (χ3n) is 2.25. The number of carbonyl (C=O) groups excluding carboxylic acids is 1. The molecule has 94 valence electrons. The number of H-pyrrole nitrogens is 1. The van der Waals surface area contributed by atoms with Gasteiger partial charge in [-0.25, -0.2) is 13.8 Å². The molecule has 0 aliphatic rings. The Morgan fingerprint density at radius 3 is 2.83 bits per heavy atom. The fourth-order valence-corrected chi connectivity index (χ4v) is 1.50. The minimum absolute atomic E-state index is 0.141. The van der Waals surface area contributed by atoms with Crippen molar-refractivity contribution in [3.63, 3.8) is 0 Å². The van der Waals surface area contributed by atoms with E-state index in [1.54, 1.807) is 0 Å². The highest BCUT2D eigenvalue weighted by atomic mass is 35.5. The third kappa shape index (κ3) is 2.65. The first-order chi connectivity index (χ1) is 8.58. The number of carbonyl (C=O) groups is 1. The average molecular weight is 272 g/mol. The lowest BCUT2D eigenvalue weighted by molar-refractivity contribution is 0.0946. The number of hydrogen-bond acceptors (Lipinski definition) is 2. The van der Waals surface area contributed by atoms with Gasteiger partial charge in [0.15, 0.2) is 0 Å². The van der Waals surface area contributed by atoms with Crippen LogP contribution in [0.15, 0.2) is 24.7 Å². The fourth-order valence-electron chi connectivity index (χ4n) is 1.35. The van der Waals surface area contributed by atoms with E-state index in [0.717, 1.165) is 12.1 Å². The van der Waals surface area contributed by atoms with Gasteiger partial charge in [0.1, 0.15) is 11.6 Å². The summed E-state index contributed by atoms with van der Waals surface area (Å²) in [6.45, 7) is 0.141. The Kier molecular flexibility index (Phi) is 3.57. The van der Waals surface area contributed by atoms with Crippen molar-refractivity contribution >= 4 is 17.5 Å². The third-order valence-corrected chi connectivity index (χ3v) is 2.54. The molecule has 0 aliphatic carbocycles. The van der Waals surface area contributed by atoms with Gasteiger partial charge in [0.25, 0.3) is 5.91 Å². The van der Waals surface area contributed by atoms with Crippen LogP contribution in [0, 0.1) is 11.6 Å². The van der Waals surface area contributed by atoms with E-state index in [0.29, 0.717) is 5.69 Å². The Balaban J connectivity index is 2.11. The van der Waals surface area contributed by atoms with Gasteiger partial charge in [-0.2, -0.15) is 0 Å². The Labute approximate surface area is 106 Å². The first-order valence-corrected chi connectivity index (χ1v) is 5.35. The molecular formula is C11H8ClF2N3O. The SMILES string of the molecule is O=C(NCc1cnc[nH]1)c1cc(F)c(Cl)cc1F. The molecule has 1 aromatic heterocycles. The Morgan fingerprint density at radius 1 is 1.39 bits per heavy atom. The summed E-state index contributed by atoms with van der Waals surface area (Å²) in [7, 11) is 0.